The zero-order valence-electron chi connectivity index (χ0n) is 14.2. The molecule has 4 heterocycles. The maximum absolute atomic E-state index is 11.2. The predicted octanol–water partition coefficient (Wildman–Crippen LogP) is 0.414. The van der Waals surface area contributed by atoms with E-state index >= 15 is 0 Å². The number of amides is 1. The van der Waals surface area contributed by atoms with Crippen LogP contribution in [0.4, 0.5) is 5.82 Å². The fraction of sp³-hybridized carbons (Fsp3) is 0.667. The number of piperidine rings is 1. The van der Waals surface area contributed by atoms with Gasteiger partial charge in [-0.05, 0) is 24.5 Å². The van der Waals surface area contributed by atoms with Crippen LogP contribution in [0.15, 0.2) is 24.4 Å². The van der Waals surface area contributed by atoms with Gasteiger partial charge >= 0.3 is 0 Å². The summed E-state index contributed by atoms with van der Waals surface area (Å²) in [6.45, 7) is 8.79. The third kappa shape index (κ3) is 3.54. The molecule has 0 aromatic carbocycles. The van der Waals surface area contributed by atoms with Crippen molar-refractivity contribution in [3.63, 3.8) is 0 Å². The molecule has 1 unspecified atom stereocenters. The van der Waals surface area contributed by atoms with Crippen LogP contribution in [0.5, 0.6) is 0 Å². The molecule has 1 atom stereocenters. The maximum Gasteiger partial charge on any atom is 0.220 e. The fourth-order valence-electron chi connectivity index (χ4n) is 4.08. The predicted molar refractivity (Wildman–Crippen MR) is 94.0 cm³/mol. The Morgan fingerprint density at radius 3 is 2.67 bits per heavy atom. The van der Waals surface area contributed by atoms with Crippen LogP contribution in [-0.4, -0.2) is 79.1 Å². The number of piperazine rings is 1. The number of aromatic nitrogens is 1. The van der Waals surface area contributed by atoms with Gasteiger partial charge in [0.15, 0.2) is 0 Å². The van der Waals surface area contributed by atoms with Crippen molar-refractivity contribution in [1.29, 1.82) is 0 Å². The second kappa shape index (κ2) is 7.07. The number of pyridine rings is 1. The Hall–Kier alpha value is -1.66. The number of carbonyl (C=O) groups is 1. The van der Waals surface area contributed by atoms with Crippen molar-refractivity contribution < 1.29 is 4.79 Å². The van der Waals surface area contributed by atoms with Crippen LogP contribution in [0.3, 0.4) is 0 Å². The fourth-order valence-corrected chi connectivity index (χ4v) is 4.08. The Balaban J connectivity index is 1.18. The number of hydrogen-bond acceptors (Lipinski definition) is 5. The van der Waals surface area contributed by atoms with Crippen molar-refractivity contribution in [3.8, 4) is 0 Å². The summed E-state index contributed by atoms with van der Waals surface area (Å²) in [4.78, 5) is 23.3. The van der Waals surface area contributed by atoms with E-state index in [9.17, 15) is 4.79 Å². The maximum atomic E-state index is 11.2. The van der Waals surface area contributed by atoms with Gasteiger partial charge in [-0.3, -0.25) is 14.6 Å². The van der Waals surface area contributed by atoms with E-state index in [0.717, 1.165) is 51.5 Å². The van der Waals surface area contributed by atoms with Crippen LogP contribution in [0.25, 0.3) is 0 Å². The third-order valence-electron chi connectivity index (χ3n) is 5.63. The highest BCUT2D eigenvalue weighted by molar-refractivity contribution is 5.76. The van der Waals surface area contributed by atoms with E-state index in [1.54, 1.807) is 0 Å². The van der Waals surface area contributed by atoms with Gasteiger partial charge in [0.25, 0.3) is 0 Å². The number of rotatable bonds is 4. The Kier molecular flexibility index (Phi) is 4.67. The van der Waals surface area contributed by atoms with Crippen LogP contribution >= 0.6 is 0 Å². The van der Waals surface area contributed by atoms with Gasteiger partial charge in [0.05, 0.1) is 0 Å². The molecule has 1 aromatic heterocycles. The molecule has 4 rings (SSSR count). The molecule has 3 saturated heterocycles. The standard InChI is InChI=1S/C18H27N5O/c24-18-5-4-15(11-20-18)12-21-13-16(14-21)22-7-9-23(10-8-22)17-3-1-2-6-19-17/h1-3,6,15-16H,4-5,7-14H2,(H,20,24). The number of nitrogens with zero attached hydrogens (tertiary/aromatic N) is 4. The summed E-state index contributed by atoms with van der Waals surface area (Å²) < 4.78 is 0. The lowest BCUT2D eigenvalue weighted by Crippen LogP contribution is -2.64. The van der Waals surface area contributed by atoms with Crippen LogP contribution in [0.2, 0.25) is 0 Å². The highest BCUT2D eigenvalue weighted by Crippen LogP contribution is 2.22. The van der Waals surface area contributed by atoms with Gasteiger partial charge in [-0.1, -0.05) is 6.07 Å². The van der Waals surface area contributed by atoms with Crippen LogP contribution in [0, 0.1) is 5.92 Å². The zero-order chi connectivity index (χ0) is 16.4. The Labute approximate surface area is 143 Å². The first kappa shape index (κ1) is 15.8. The minimum atomic E-state index is 0.221. The van der Waals surface area contributed by atoms with Crippen LogP contribution < -0.4 is 10.2 Å². The highest BCUT2D eigenvalue weighted by Gasteiger charge is 2.35. The van der Waals surface area contributed by atoms with Crippen molar-refractivity contribution in [3.05, 3.63) is 24.4 Å². The van der Waals surface area contributed by atoms with E-state index in [0.29, 0.717) is 18.4 Å². The normalized spacial score (nSPS) is 26.9. The van der Waals surface area contributed by atoms with E-state index in [2.05, 4.69) is 37.1 Å². The lowest BCUT2D eigenvalue weighted by atomic mass is 9.96. The Morgan fingerprint density at radius 2 is 2.00 bits per heavy atom. The monoisotopic (exact) mass is 329 g/mol. The first-order chi connectivity index (χ1) is 11.8. The van der Waals surface area contributed by atoms with Crippen LogP contribution in [0.1, 0.15) is 12.8 Å². The topological polar surface area (TPSA) is 51.7 Å². The van der Waals surface area contributed by atoms with Gasteiger partial charge in [-0.15, -0.1) is 0 Å². The minimum Gasteiger partial charge on any atom is -0.356 e. The third-order valence-corrected chi connectivity index (χ3v) is 5.63. The second-order valence-electron chi connectivity index (χ2n) is 7.29. The summed E-state index contributed by atoms with van der Waals surface area (Å²) in [5.74, 6) is 1.97. The van der Waals surface area contributed by atoms with E-state index in [1.807, 2.05) is 12.3 Å². The molecule has 1 aromatic rings. The van der Waals surface area contributed by atoms with E-state index in [4.69, 9.17) is 0 Å². The molecule has 0 spiro atoms. The van der Waals surface area contributed by atoms with E-state index in [1.165, 1.54) is 13.1 Å². The molecule has 6 nitrogen and oxygen atoms in total. The van der Waals surface area contributed by atoms with Crippen molar-refractivity contribution in [2.24, 2.45) is 5.92 Å². The molecule has 1 amide bonds. The molecule has 1 N–H and O–H groups in total. The molecule has 3 aliphatic rings. The molecular formula is C18H27N5O. The van der Waals surface area contributed by atoms with Crippen molar-refractivity contribution in [2.45, 2.75) is 18.9 Å². The quantitative estimate of drug-likeness (QED) is 0.867. The zero-order valence-corrected chi connectivity index (χ0v) is 14.2. The molecule has 0 radical (unpaired) electrons. The lowest BCUT2D eigenvalue weighted by molar-refractivity contribution is -0.123. The molecule has 0 bridgehead atoms. The van der Waals surface area contributed by atoms with Crippen LogP contribution in [-0.2, 0) is 4.79 Å². The van der Waals surface area contributed by atoms with Gasteiger partial charge in [-0.2, -0.15) is 0 Å². The lowest BCUT2D eigenvalue weighted by Gasteiger charge is -2.49. The molecule has 6 heteroatoms. The number of likely N-dealkylation sites (tertiary alicyclic amines) is 1. The first-order valence-electron chi connectivity index (χ1n) is 9.17. The number of anilines is 1. The first-order valence-corrected chi connectivity index (χ1v) is 9.17. The number of hydrogen-bond donors (Lipinski definition) is 1. The SMILES string of the molecule is O=C1CCC(CN2CC(N3CCN(c4ccccn4)CC3)C2)CN1. The van der Waals surface area contributed by atoms with E-state index in [-0.39, 0.29) is 5.91 Å². The second-order valence-corrected chi connectivity index (χ2v) is 7.29. The number of nitrogens with one attached hydrogen (secondary N) is 1. The largest absolute Gasteiger partial charge is 0.356 e. The summed E-state index contributed by atoms with van der Waals surface area (Å²) >= 11 is 0. The summed E-state index contributed by atoms with van der Waals surface area (Å²) in [6, 6.07) is 6.85. The number of carbonyl (C=O) groups excluding carboxylic acids is 1. The summed E-state index contributed by atoms with van der Waals surface area (Å²) in [5, 5.41) is 2.99. The van der Waals surface area contributed by atoms with Crippen molar-refractivity contribution in [1.82, 2.24) is 20.1 Å². The summed E-state index contributed by atoms with van der Waals surface area (Å²) in [7, 11) is 0. The van der Waals surface area contributed by atoms with Gasteiger partial charge < -0.3 is 10.2 Å². The van der Waals surface area contributed by atoms with E-state index < -0.39 is 0 Å². The highest BCUT2D eigenvalue weighted by atomic mass is 16.1. The summed E-state index contributed by atoms with van der Waals surface area (Å²) in [5.41, 5.74) is 0. The van der Waals surface area contributed by atoms with Crippen molar-refractivity contribution in [2.75, 3.05) is 57.3 Å². The average Bonchev–Trinajstić information content (AvgIpc) is 2.60. The van der Waals surface area contributed by atoms with Gasteiger partial charge in [0.1, 0.15) is 5.82 Å². The van der Waals surface area contributed by atoms with Crippen molar-refractivity contribution >= 4 is 11.7 Å². The molecule has 0 aliphatic carbocycles. The Morgan fingerprint density at radius 1 is 1.17 bits per heavy atom. The molecular weight excluding hydrogens is 302 g/mol. The molecule has 24 heavy (non-hydrogen) atoms. The van der Waals surface area contributed by atoms with Gasteiger partial charge in [-0.25, -0.2) is 4.98 Å². The smallest absolute Gasteiger partial charge is 0.220 e. The molecule has 3 aliphatic heterocycles. The summed E-state index contributed by atoms with van der Waals surface area (Å²) in [6.07, 6.45) is 3.63. The van der Waals surface area contributed by atoms with Gasteiger partial charge in [0, 0.05) is 71.0 Å². The Bertz CT molecular complexity index is 542. The molecule has 130 valence electrons. The minimum absolute atomic E-state index is 0.221. The molecule has 0 saturated carbocycles. The average molecular weight is 329 g/mol. The molecule has 3 fully saturated rings. The van der Waals surface area contributed by atoms with Gasteiger partial charge in [0.2, 0.25) is 5.91 Å².